The number of aromatic nitrogens is 5. The Labute approximate surface area is 131 Å². The standard InChI is InChI=1S/C16H12N6O/c1-3-7-12(8-4-1)18-16-20-19-15(23-16)14-11-17-22(21-14)13-9-5-2-6-10-13/h1-11H,(H,18,20). The molecule has 0 saturated heterocycles. The van der Waals surface area contributed by atoms with Crippen molar-refractivity contribution in [2.75, 3.05) is 5.32 Å². The van der Waals surface area contributed by atoms with Crippen molar-refractivity contribution < 1.29 is 4.42 Å². The third-order valence-corrected chi connectivity index (χ3v) is 3.15. The molecule has 0 atom stereocenters. The summed E-state index contributed by atoms with van der Waals surface area (Å²) in [5, 5.41) is 19.6. The number of nitrogens with one attached hydrogen (secondary N) is 1. The Balaban J connectivity index is 1.56. The number of nitrogens with zero attached hydrogens (tertiary/aromatic N) is 5. The van der Waals surface area contributed by atoms with E-state index in [0.29, 0.717) is 17.6 Å². The van der Waals surface area contributed by atoms with Crippen molar-refractivity contribution in [3.8, 4) is 17.3 Å². The van der Waals surface area contributed by atoms with Gasteiger partial charge in [-0.3, -0.25) is 0 Å². The molecule has 7 nitrogen and oxygen atoms in total. The summed E-state index contributed by atoms with van der Waals surface area (Å²) in [5.74, 6) is 0.311. The molecule has 0 aliphatic heterocycles. The van der Waals surface area contributed by atoms with Gasteiger partial charge in [-0.2, -0.15) is 9.90 Å². The molecule has 0 aliphatic carbocycles. The van der Waals surface area contributed by atoms with E-state index in [-0.39, 0.29) is 0 Å². The minimum absolute atomic E-state index is 0.306. The van der Waals surface area contributed by atoms with Crippen molar-refractivity contribution in [1.82, 2.24) is 25.2 Å². The molecule has 2 aromatic carbocycles. The van der Waals surface area contributed by atoms with Gasteiger partial charge < -0.3 is 9.73 Å². The van der Waals surface area contributed by atoms with Crippen LogP contribution in [-0.2, 0) is 0 Å². The first-order chi connectivity index (χ1) is 11.4. The summed E-state index contributed by atoms with van der Waals surface area (Å²) in [6.07, 6.45) is 1.59. The summed E-state index contributed by atoms with van der Waals surface area (Å²) in [6.45, 7) is 0. The molecule has 0 amide bonds. The van der Waals surface area contributed by atoms with Crippen LogP contribution in [0.4, 0.5) is 11.7 Å². The number of hydrogen-bond donors (Lipinski definition) is 1. The van der Waals surface area contributed by atoms with Crippen LogP contribution < -0.4 is 5.32 Å². The molecule has 4 rings (SSSR count). The third kappa shape index (κ3) is 2.80. The topological polar surface area (TPSA) is 81.7 Å². The van der Waals surface area contributed by atoms with Crippen molar-refractivity contribution in [2.45, 2.75) is 0 Å². The zero-order valence-corrected chi connectivity index (χ0v) is 12.0. The Morgan fingerprint density at radius 3 is 2.39 bits per heavy atom. The van der Waals surface area contributed by atoms with E-state index in [2.05, 4.69) is 25.7 Å². The van der Waals surface area contributed by atoms with E-state index in [1.807, 2.05) is 60.7 Å². The van der Waals surface area contributed by atoms with Gasteiger partial charge in [-0.15, -0.1) is 10.2 Å². The van der Waals surface area contributed by atoms with Gasteiger partial charge in [0.05, 0.1) is 11.9 Å². The highest BCUT2D eigenvalue weighted by Gasteiger charge is 2.13. The minimum atomic E-state index is 0.306. The molecule has 1 N–H and O–H groups in total. The van der Waals surface area contributed by atoms with E-state index in [1.54, 1.807) is 6.20 Å². The quantitative estimate of drug-likeness (QED) is 0.624. The van der Waals surface area contributed by atoms with Crippen LogP contribution >= 0.6 is 0 Å². The second kappa shape index (κ2) is 5.72. The Kier molecular flexibility index (Phi) is 3.28. The van der Waals surface area contributed by atoms with Crippen molar-refractivity contribution >= 4 is 11.7 Å². The summed E-state index contributed by atoms with van der Waals surface area (Å²) in [5.41, 5.74) is 2.25. The van der Waals surface area contributed by atoms with Crippen LogP contribution in [0, 0.1) is 0 Å². The monoisotopic (exact) mass is 304 g/mol. The SMILES string of the molecule is c1ccc(Nc2nnc(-c3cnn(-c4ccccc4)n3)o2)cc1. The number of rotatable bonds is 4. The van der Waals surface area contributed by atoms with Gasteiger partial charge in [-0.05, 0) is 24.3 Å². The number of para-hydroxylation sites is 2. The lowest BCUT2D eigenvalue weighted by atomic mass is 10.3. The molecular weight excluding hydrogens is 292 g/mol. The van der Waals surface area contributed by atoms with Crippen LogP contribution in [0.5, 0.6) is 0 Å². The highest BCUT2D eigenvalue weighted by atomic mass is 16.4. The lowest BCUT2D eigenvalue weighted by Crippen LogP contribution is -1.97. The minimum Gasteiger partial charge on any atom is -0.401 e. The second-order valence-electron chi connectivity index (χ2n) is 4.76. The molecule has 4 aromatic rings. The van der Waals surface area contributed by atoms with Gasteiger partial charge >= 0.3 is 6.01 Å². The van der Waals surface area contributed by atoms with Crippen molar-refractivity contribution in [2.24, 2.45) is 0 Å². The summed E-state index contributed by atoms with van der Waals surface area (Å²) in [4.78, 5) is 1.52. The molecule has 0 saturated carbocycles. The Morgan fingerprint density at radius 2 is 1.61 bits per heavy atom. The second-order valence-corrected chi connectivity index (χ2v) is 4.76. The maximum Gasteiger partial charge on any atom is 0.320 e. The Morgan fingerprint density at radius 1 is 0.870 bits per heavy atom. The first kappa shape index (κ1) is 13.2. The van der Waals surface area contributed by atoms with E-state index < -0.39 is 0 Å². The first-order valence-corrected chi connectivity index (χ1v) is 7.02. The van der Waals surface area contributed by atoms with Gasteiger partial charge in [0, 0.05) is 5.69 Å². The number of hydrogen-bond acceptors (Lipinski definition) is 6. The number of anilines is 2. The molecular formula is C16H12N6O. The van der Waals surface area contributed by atoms with Crippen LogP contribution in [0.3, 0.4) is 0 Å². The average Bonchev–Trinajstić information content (AvgIpc) is 3.26. The maximum absolute atomic E-state index is 5.57. The highest BCUT2D eigenvalue weighted by molar-refractivity contribution is 5.53. The van der Waals surface area contributed by atoms with Crippen molar-refractivity contribution in [1.29, 1.82) is 0 Å². The molecule has 7 heteroatoms. The van der Waals surface area contributed by atoms with Gasteiger partial charge in [-0.1, -0.05) is 41.5 Å². The normalized spacial score (nSPS) is 10.6. The van der Waals surface area contributed by atoms with Crippen LogP contribution in [0.15, 0.2) is 71.3 Å². The van der Waals surface area contributed by atoms with E-state index in [9.17, 15) is 0 Å². The molecule has 0 aliphatic rings. The molecule has 0 fully saturated rings. The first-order valence-electron chi connectivity index (χ1n) is 7.02. The predicted molar refractivity (Wildman–Crippen MR) is 84.4 cm³/mol. The molecule has 112 valence electrons. The fourth-order valence-corrected chi connectivity index (χ4v) is 2.07. The van der Waals surface area contributed by atoms with Crippen LogP contribution in [-0.4, -0.2) is 25.2 Å². The summed E-state index contributed by atoms with van der Waals surface area (Å²) < 4.78 is 5.57. The smallest absolute Gasteiger partial charge is 0.320 e. The zero-order valence-electron chi connectivity index (χ0n) is 12.0. The molecule has 2 aromatic heterocycles. The highest BCUT2D eigenvalue weighted by Crippen LogP contribution is 2.20. The summed E-state index contributed by atoms with van der Waals surface area (Å²) in [6, 6.07) is 19.5. The van der Waals surface area contributed by atoms with Crippen LogP contribution in [0.25, 0.3) is 17.3 Å². The molecule has 0 unspecified atom stereocenters. The zero-order chi connectivity index (χ0) is 15.5. The van der Waals surface area contributed by atoms with Gasteiger partial charge in [0.2, 0.25) is 0 Å². The van der Waals surface area contributed by atoms with Crippen molar-refractivity contribution in [3.63, 3.8) is 0 Å². The fraction of sp³-hybridized carbons (Fsp3) is 0. The van der Waals surface area contributed by atoms with E-state index in [0.717, 1.165) is 11.4 Å². The molecule has 2 heterocycles. The van der Waals surface area contributed by atoms with Gasteiger partial charge in [-0.25, -0.2) is 0 Å². The predicted octanol–water partition coefficient (Wildman–Crippen LogP) is 3.06. The van der Waals surface area contributed by atoms with Gasteiger partial charge in [0.1, 0.15) is 0 Å². The largest absolute Gasteiger partial charge is 0.401 e. The average molecular weight is 304 g/mol. The maximum atomic E-state index is 5.57. The third-order valence-electron chi connectivity index (χ3n) is 3.15. The Bertz CT molecular complexity index is 900. The molecule has 23 heavy (non-hydrogen) atoms. The summed E-state index contributed by atoms with van der Waals surface area (Å²) in [7, 11) is 0. The number of benzene rings is 2. The lowest BCUT2D eigenvalue weighted by molar-refractivity contribution is 0.583. The lowest BCUT2D eigenvalue weighted by Gasteiger charge is -1.98. The summed E-state index contributed by atoms with van der Waals surface area (Å²) >= 11 is 0. The van der Waals surface area contributed by atoms with E-state index >= 15 is 0 Å². The van der Waals surface area contributed by atoms with Crippen molar-refractivity contribution in [3.05, 3.63) is 66.9 Å². The van der Waals surface area contributed by atoms with Crippen LogP contribution in [0.2, 0.25) is 0 Å². The Hall–Kier alpha value is -3.48. The fourth-order valence-electron chi connectivity index (χ4n) is 2.07. The molecule has 0 spiro atoms. The molecule has 0 bridgehead atoms. The van der Waals surface area contributed by atoms with Crippen LogP contribution in [0.1, 0.15) is 0 Å². The van der Waals surface area contributed by atoms with E-state index in [1.165, 1.54) is 4.80 Å². The molecule has 0 radical (unpaired) electrons. The van der Waals surface area contributed by atoms with Gasteiger partial charge in [0.15, 0.2) is 5.69 Å². The van der Waals surface area contributed by atoms with Gasteiger partial charge in [0.25, 0.3) is 5.89 Å². The van der Waals surface area contributed by atoms with E-state index in [4.69, 9.17) is 4.42 Å².